The summed E-state index contributed by atoms with van der Waals surface area (Å²) in [5.41, 5.74) is -0.691. The van der Waals surface area contributed by atoms with E-state index in [0.717, 1.165) is 24.3 Å². The summed E-state index contributed by atoms with van der Waals surface area (Å²) in [5.74, 6) is -1.17. The van der Waals surface area contributed by atoms with Crippen LogP contribution in [0.1, 0.15) is 25.3 Å². The number of nitrogens with one attached hydrogen (secondary N) is 2. The second-order valence-corrected chi connectivity index (χ2v) is 4.35. The van der Waals surface area contributed by atoms with E-state index in [9.17, 15) is 22.8 Å². The first-order chi connectivity index (χ1) is 9.74. The third kappa shape index (κ3) is 5.33. The van der Waals surface area contributed by atoms with Gasteiger partial charge in [-0.05, 0) is 30.7 Å². The average Bonchev–Trinajstić information content (AvgIpc) is 2.37. The molecule has 1 rings (SSSR count). The molecule has 2 amide bonds. The number of carboxylic acids is 1. The number of urea groups is 1. The van der Waals surface area contributed by atoms with E-state index in [0.29, 0.717) is 6.42 Å². The molecule has 0 fully saturated rings. The number of hydrogen-bond acceptors (Lipinski definition) is 2. The Morgan fingerprint density at radius 1 is 1.24 bits per heavy atom. The lowest BCUT2D eigenvalue weighted by molar-refractivity contribution is -0.139. The van der Waals surface area contributed by atoms with Crippen LogP contribution >= 0.6 is 0 Å². The first-order valence-corrected chi connectivity index (χ1v) is 6.21. The third-order valence-electron chi connectivity index (χ3n) is 2.65. The maximum Gasteiger partial charge on any atom is 0.416 e. The predicted octanol–water partition coefficient (Wildman–Crippen LogP) is 3.08. The van der Waals surface area contributed by atoms with Gasteiger partial charge in [0.25, 0.3) is 0 Å². The van der Waals surface area contributed by atoms with Crippen molar-refractivity contribution in [3.8, 4) is 0 Å². The standard InChI is InChI=1S/C13H15F3N2O3/c1-2-3-10(11(19)20)18-12(21)17-9-6-4-8(5-7-9)13(14,15)16/h4-7,10H,2-3H2,1H3,(H,19,20)(H2,17,18,21)/t10-/m1/s1. The molecule has 1 aromatic carbocycles. The Morgan fingerprint density at radius 2 is 1.81 bits per heavy atom. The smallest absolute Gasteiger partial charge is 0.416 e. The van der Waals surface area contributed by atoms with Crippen LogP contribution in [-0.2, 0) is 11.0 Å². The van der Waals surface area contributed by atoms with Crippen LogP contribution in [-0.4, -0.2) is 23.1 Å². The second kappa shape index (κ2) is 6.96. The lowest BCUT2D eigenvalue weighted by Gasteiger charge is -2.14. The van der Waals surface area contributed by atoms with Crippen molar-refractivity contribution in [2.24, 2.45) is 0 Å². The van der Waals surface area contributed by atoms with Crippen molar-refractivity contribution in [3.63, 3.8) is 0 Å². The Morgan fingerprint density at radius 3 is 2.24 bits per heavy atom. The predicted molar refractivity (Wildman–Crippen MR) is 69.9 cm³/mol. The molecule has 0 saturated heterocycles. The highest BCUT2D eigenvalue weighted by Crippen LogP contribution is 2.29. The molecule has 0 radical (unpaired) electrons. The minimum Gasteiger partial charge on any atom is -0.480 e. The molecule has 21 heavy (non-hydrogen) atoms. The van der Waals surface area contributed by atoms with Crippen LogP contribution in [0.3, 0.4) is 0 Å². The van der Waals surface area contributed by atoms with E-state index in [4.69, 9.17) is 5.11 Å². The molecule has 0 aliphatic rings. The largest absolute Gasteiger partial charge is 0.480 e. The quantitative estimate of drug-likeness (QED) is 0.782. The van der Waals surface area contributed by atoms with Gasteiger partial charge in [-0.1, -0.05) is 13.3 Å². The number of hydrogen-bond donors (Lipinski definition) is 3. The number of halogens is 3. The van der Waals surface area contributed by atoms with Gasteiger partial charge in [-0.25, -0.2) is 9.59 Å². The Hall–Kier alpha value is -2.25. The van der Waals surface area contributed by atoms with Crippen LogP contribution in [0.5, 0.6) is 0 Å². The van der Waals surface area contributed by atoms with Crippen molar-refractivity contribution in [2.75, 3.05) is 5.32 Å². The lowest BCUT2D eigenvalue weighted by atomic mass is 10.2. The molecule has 3 N–H and O–H groups in total. The van der Waals surface area contributed by atoms with Crippen molar-refractivity contribution < 1.29 is 27.9 Å². The molecule has 0 saturated carbocycles. The Labute approximate surface area is 119 Å². The third-order valence-corrected chi connectivity index (χ3v) is 2.65. The minimum atomic E-state index is -4.45. The van der Waals surface area contributed by atoms with Gasteiger partial charge in [0.15, 0.2) is 0 Å². The van der Waals surface area contributed by atoms with Gasteiger partial charge in [-0.15, -0.1) is 0 Å². The molecule has 0 spiro atoms. The molecule has 116 valence electrons. The van der Waals surface area contributed by atoms with Gasteiger partial charge in [0.2, 0.25) is 0 Å². The van der Waals surface area contributed by atoms with Crippen molar-refractivity contribution in [1.82, 2.24) is 5.32 Å². The number of anilines is 1. The first kappa shape index (κ1) is 16.8. The van der Waals surface area contributed by atoms with Crippen molar-refractivity contribution in [3.05, 3.63) is 29.8 Å². The van der Waals surface area contributed by atoms with Gasteiger partial charge >= 0.3 is 18.2 Å². The fourth-order valence-electron chi connectivity index (χ4n) is 1.61. The summed E-state index contributed by atoms with van der Waals surface area (Å²) in [6.45, 7) is 1.77. The first-order valence-electron chi connectivity index (χ1n) is 6.21. The molecule has 1 atom stereocenters. The van der Waals surface area contributed by atoms with Gasteiger partial charge in [-0.2, -0.15) is 13.2 Å². The lowest BCUT2D eigenvalue weighted by Crippen LogP contribution is -2.42. The van der Waals surface area contributed by atoms with E-state index >= 15 is 0 Å². The fraction of sp³-hybridized carbons (Fsp3) is 0.385. The van der Waals surface area contributed by atoms with Gasteiger partial charge in [0.05, 0.1) is 5.56 Å². The molecule has 1 aromatic rings. The Bertz CT molecular complexity index is 500. The molecule has 0 aromatic heterocycles. The van der Waals surface area contributed by atoms with E-state index in [1.807, 2.05) is 0 Å². The molecule has 0 unspecified atom stereocenters. The molecule has 8 heteroatoms. The molecule has 0 heterocycles. The van der Waals surface area contributed by atoms with Gasteiger partial charge in [-0.3, -0.25) is 0 Å². The summed E-state index contributed by atoms with van der Waals surface area (Å²) in [6.07, 6.45) is -3.62. The highest BCUT2D eigenvalue weighted by Gasteiger charge is 2.30. The monoisotopic (exact) mass is 304 g/mol. The summed E-state index contributed by atoms with van der Waals surface area (Å²) >= 11 is 0. The normalized spacial score (nSPS) is 12.6. The Balaban J connectivity index is 2.64. The molecule has 0 bridgehead atoms. The van der Waals surface area contributed by atoms with E-state index < -0.39 is 29.8 Å². The Kier molecular flexibility index (Phi) is 5.57. The summed E-state index contributed by atoms with van der Waals surface area (Å²) in [7, 11) is 0. The van der Waals surface area contributed by atoms with E-state index in [1.54, 1.807) is 6.92 Å². The fourth-order valence-corrected chi connectivity index (χ4v) is 1.61. The number of carbonyl (C=O) groups excluding carboxylic acids is 1. The maximum atomic E-state index is 12.4. The van der Waals surface area contributed by atoms with E-state index in [2.05, 4.69) is 10.6 Å². The minimum absolute atomic E-state index is 0.140. The number of carboxylic acid groups (broad SMARTS) is 1. The number of alkyl halides is 3. The summed E-state index contributed by atoms with van der Waals surface area (Å²) < 4.78 is 37.1. The molecule has 5 nitrogen and oxygen atoms in total. The zero-order valence-corrected chi connectivity index (χ0v) is 11.2. The number of aliphatic carboxylic acids is 1. The summed E-state index contributed by atoms with van der Waals surface area (Å²) in [5, 5.41) is 13.4. The van der Waals surface area contributed by atoms with Crippen molar-refractivity contribution >= 4 is 17.7 Å². The highest BCUT2D eigenvalue weighted by molar-refractivity contribution is 5.92. The number of rotatable bonds is 5. The van der Waals surface area contributed by atoms with Gasteiger partial charge in [0, 0.05) is 5.69 Å². The zero-order valence-electron chi connectivity index (χ0n) is 11.2. The molecule has 0 aliphatic carbocycles. The van der Waals surface area contributed by atoms with Crippen LogP contribution in [0, 0.1) is 0 Å². The van der Waals surface area contributed by atoms with Gasteiger partial charge in [0.1, 0.15) is 6.04 Å². The second-order valence-electron chi connectivity index (χ2n) is 4.35. The van der Waals surface area contributed by atoms with Crippen LogP contribution in [0.4, 0.5) is 23.7 Å². The number of carbonyl (C=O) groups is 2. The highest BCUT2D eigenvalue weighted by atomic mass is 19.4. The maximum absolute atomic E-state index is 12.4. The van der Waals surface area contributed by atoms with Crippen molar-refractivity contribution in [1.29, 1.82) is 0 Å². The van der Waals surface area contributed by atoms with Gasteiger partial charge < -0.3 is 15.7 Å². The topological polar surface area (TPSA) is 78.4 Å². The van der Waals surface area contributed by atoms with Crippen molar-refractivity contribution in [2.45, 2.75) is 32.0 Å². The average molecular weight is 304 g/mol. The molecular weight excluding hydrogens is 289 g/mol. The van der Waals surface area contributed by atoms with Crippen LogP contribution < -0.4 is 10.6 Å². The van der Waals surface area contributed by atoms with Crippen LogP contribution in [0.15, 0.2) is 24.3 Å². The summed E-state index contributed by atoms with van der Waals surface area (Å²) in [6, 6.07) is 2.03. The van der Waals surface area contributed by atoms with E-state index in [-0.39, 0.29) is 12.1 Å². The molecule has 0 aliphatic heterocycles. The number of amides is 2. The van der Waals surface area contributed by atoms with Crippen LogP contribution in [0.25, 0.3) is 0 Å². The van der Waals surface area contributed by atoms with E-state index in [1.165, 1.54) is 0 Å². The number of benzene rings is 1. The van der Waals surface area contributed by atoms with Crippen LogP contribution in [0.2, 0.25) is 0 Å². The SMILES string of the molecule is CCC[C@@H](NC(=O)Nc1ccc(C(F)(F)F)cc1)C(=O)O. The molecular formula is C13H15F3N2O3. The zero-order chi connectivity index (χ0) is 16.0. The summed E-state index contributed by atoms with van der Waals surface area (Å²) in [4.78, 5) is 22.4.